The van der Waals surface area contributed by atoms with Crippen LogP contribution in [-0.4, -0.2) is 22.9 Å². The van der Waals surface area contributed by atoms with E-state index in [1.54, 1.807) is 12.1 Å². The van der Waals surface area contributed by atoms with Crippen molar-refractivity contribution in [3.63, 3.8) is 0 Å². The predicted molar refractivity (Wildman–Crippen MR) is 99.4 cm³/mol. The van der Waals surface area contributed by atoms with Crippen LogP contribution in [0.15, 0.2) is 18.3 Å². The fraction of sp³-hybridized carbons (Fsp3) is 0.389. The van der Waals surface area contributed by atoms with E-state index in [0.29, 0.717) is 17.1 Å². The summed E-state index contributed by atoms with van der Waals surface area (Å²) in [5, 5.41) is 0. The second-order valence-electron chi connectivity index (χ2n) is 5.38. The summed E-state index contributed by atoms with van der Waals surface area (Å²) in [7, 11) is 1.53. The van der Waals surface area contributed by atoms with Crippen molar-refractivity contribution in [2.75, 3.05) is 18.6 Å². The zero-order valence-corrected chi connectivity index (χ0v) is 15.6. The van der Waals surface area contributed by atoms with Crippen LogP contribution in [0, 0.1) is 0 Å². The first-order valence-corrected chi connectivity index (χ1v) is 8.12. The quantitative estimate of drug-likeness (QED) is 0.792. The third-order valence-corrected chi connectivity index (χ3v) is 3.35. The third-order valence-electron chi connectivity index (χ3n) is 3.35. The SMILES string of the molecule is CC.COc1cc(C(C)C)c(Oc2cnc(N)nc2N)cc1C(C)=O. The Morgan fingerprint density at radius 2 is 1.76 bits per heavy atom. The zero-order valence-electron chi connectivity index (χ0n) is 15.6. The van der Waals surface area contributed by atoms with Gasteiger partial charge in [-0.2, -0.15) is 4.98 Å². The zero-order chi connectivity index (χ0) is 19.1. The van der Waals surface area contributed by atoms with E-state index in [1.165, 1.54) is 20.2 Å². The lowest BCUT2D eigenvalue weighted by molar-refractivity contribution is 0.101. The molecule has 0 aliphatic rings. The van der Waals surface area contributed by atoms with Crippen molar-refractivity contribution in [2.45, 2.75) is 40.5 Å². The molecule has 4 N–H and O–H groups in total. The van der Waals surface area contributed by atoms with Crippen LogP contribution in [0.3, 0.4) is 0 Å². The van der Waals surface area contributed by atoms with Crippen LogP contribution in [-0.2, 0) is 0 Å². The van der Waals surface area contributed by atoms with Gasteiger partial charge in [0, 0.05) is 5.56 Å². The topological polar surface area (TPSA) is 113 Å². The van der Waals surface area contributed by atoms with E-state index in [4.69, 9.17) is 20.9 Å². The van der Waals surface area contributed by atoms with Gasteiger partial charge in [0.05, 0.1) is 18.9 Å². The van der Waals surface area contributed by atoms with Gasteiger partial charge in [-0.05, 0) is 25.0 Å². The van der Waals surface area contributed by atoms with Crippen molar-refractivity contribution >= 4 is 17.5 Å². The number of nitrogen functional groups attached to an aromatic ring is 2. The smallest absolute Gasteiger partial charge is 0.222 e. The van der Waals surface area contributed by atoms with E-state index in [2.05, 4.69) is 9.97 Å². The van der Waals surface area contributed by atoms with Gasteiger partial charge in [0.1, 0.15) is 11.5 Å². The van der Waals surface area contributed by atoms with Gasteiger partial charge >= 0.3 is 0 Å². The Bertz CT molecular complexity index is 745. The molecule has 0 saturated heterocycles. The number of ether oxygens (including phenoxy) is 2. The van der Waals surface area contributed by atoms with Crippen LogP contribution >= 0.6 is 0 Å². The van der Waals surface area contributed by atoms with Crippen LogP contribution in [0.4, 0.5) is 11.8 Å². The van der Waals surface area contributed by atoms with Crippen molar-refractivity contribution < 1.29 is 14.3 Å². The van der Waals surface area contributed by atoms with Crippen molar-refractivity contribution in [1.82, 2.24) is 9.97 Å². The molecule has 7 heteroatoms. The summed E-state index contributed by atoms with van der Waals surface area (Å²) in [4.78, 5) is 19.6. The Kier molecular flexibility index (Phi) is 7.17. The van der Waals surface area contributed by atoms with Crippen LogP contribution in [0.25, 0.3) is 0 Å². The molecule has 136 valence electrons. The summed E-state index contributed by atoms with van der Waals surface area (Å²) >= 11 is 0. The summed E-state index contributed by atoms with van der Waals surface area (Å²) in [6, 6.07) is 3.44. The number of nitrogens with two attached hydrogens (primary N) is 2. The van der Waals surface area contributed by atoms with Crippen molar-refractivity contribution in [3.8, 4) is 17.2 Å². The molecule has 2 rings (SSSR count). The highest BCUT2D eigenvalue weighted by Crippen LogP contribution is 2.37. The maximum atomic E-state index is 11.8. The number of methoxy groups -OCH3 is 1. The molecule has 1 heterocycles. The number of hydrogen-bond acceptors (Lipinski definition) is 7. The van der Waals surface area contributed by atoms with Gasteiger partial charge < -0.3 is 20.9 Å². The molecule has 0 spiro atoms. The fourth-order valence-electron chi connectivity index (χ4n) is 2.15. The molecule has 2 aromatic rings. The van der Waals surface area contributed by atoms with Gasteiger partial charge in [-0.25, -0.2) is 4.98 Å². The summed E-state index contributed by atoms with van der Waals surface area (Å²) in [5.41, 5.74) is 12.6. The molecule has 0 saturated carbocycles. The molecule has 0 unspecified atom stereocenters. The lowest BCUT2D eigenvalue weighted by Crippen LogP contribution is -2.05. The van der Waals surface area contributed by atoms with Crippen LogP contribution in [0.2, 0.25) is 0 Å². The number of carbonyl (C=O) groups excluding carboxylic acids is 1. The molecule has 25 heavy (non-hydrogen) atoms. The summed E-state index contributed by atoms with van der Waals surface area (Å²) in [6.07, 6.45) is 1.40. The molecule has 0 aliphatic heterocycles. The van der Waals surface area contributed by atoms with Gasteiger partial charge in [0.25, 0.3) is 0 Å². The highest BCUT2D eigenvalue weighted by Gasteiger charge is 2.18. The Morgan fingerprint density at radius 3 is 2.24 bits per heavy atom. The number of hydrogen-bond donors (Lipinski definition) is 2. The van der Waals surface area contributed by atoms with Crippen molar-refractivity contribution in [1.29, 1.82) is 0 Å². The largest absolute Gasteiger partial charge is 0.496 e. The number of benzene rings is 1. The van der Waals surface area contributed by atoms with Crippen LogP contribution < -0.4 is 20.9 Å². The number of ketones is 1. The minimum absolute atomic E-state index is 0.0677. The summed E-state index contributed by atoms with van der Waals surface area (Å²) in [5.74, 6) is 1.52. The maximum Gasteiger partial charge on any atom is 0.222 e. The first-order chi connectivity index (χ1) is 11.8. The van der Waals surface area contributed by atoms with E-state index < -0.39 is 0 Å². The van der Waals surface area contributed by atoms with Gasteiger partial charge in [0.15, 0.2) is 17.4 Å². The van der Waals surface area contributed by atoms with E-state index in [1.807, 2.05) is 27.7 Å². The van der Waals surface area contributed by atoms with Gasteiger partial charge in [0.2, 0.25) is 5.95 Å². The van der Waals surface area contributed by atoms with Crippen LogP contribution in [0.1, 0.15) is 56.5 Å². The lowest BCUT2D eigenvalue weighted by atomic mass is 9.98. The molecule has 0 amide bonds. The first kappa shape index (κ1) is 20.2. The van der Waals surface area contributed by atoms with E-state index >= 15 is 0 Å². The third kappa shape index (κ3) is 4.82. The normalized spacial score (nSPS) is 10.0. The minimum atomic E-state index is -0.122. The number of carbonyl (C=O) groups is 1. The number of nitrogens with zero attached hydrogens (tertiary/aromatic N) is 2. The molecule has 1 aromatic carbocycles. The monoisotopic (exact) mass is 346 g/mol. The minimum Gasteiger partial charge on any atom is -0.496 e. The molecule has 1 aromatic heterocycles. The Hall–Kier alpha value is -2.83. The fourth-order valence-corrected chi connectivity index (χ4v) is 2.15. The average Bonchev–Trinajstić information content (AvgIpc) is 2.58. The molecular weight excluding hydrogens is 320 g/mol. The number of anilines is 2. The van der Waals surface area contributed by atoms with E-state index in [0.717, 1.165) is 5.56 Å². The second-order valence-corrected chi connectivity index (χ2v) is 5.38. The maximum absolute atomic E-state index is 11.8. The van der Waals surface area contributed by atoms with E-state index in [9.17, 15) is 4.79 Å². The second kappa shape index (κ2) is 8.86. The number of Topliss-reactive ketones (excluding diaryl/α,β-unsaturated/α-hetero) is 1. The number of aromatic nitrogens is 2. The molecule has 0 radical (unpaired) electrons. The average molecular weight is 346 g/mol. The van der Waals surface area contributed by atoms with Crippen LogP contribution in [0.5, 0.6) is 17.2 Å². The van der Waals surface area contributed by atoms with Crippen molar-refractivity contribution in [3.05, 3.63) is 29.5 Å². The summed E-state index contributed by atoms with van der Waals surface area (Å²) < 4.78 is 11.1. The van der Waals surface area contributed by atoms with Gasteiger partial charge in [-0.15, -0.1) is 0 Å². The molecule has 0 atom stereocenters. The highest BCUT2D eigenvalue weighted by atomic mass is 16.5. The Labute approximate surface area is 148 Å². The predicted octanol–water partition coefficient (Wildman–Crippen LogP) is 3.79. The highest BCUT2D eigenvalue weighted by molar-refractivity contribution is 5.97. The van der Waals surface area contributed by atoms with Gasteiger partial charge in [-0.3, -0.25) is 4.79 Å². The van der Waals surface area contributed by atoms with Gasteiger partial charge in [-0.1, -0.05) is 27.7 Å². The lowest BCUT2D eigenvalue weighted by Gasteiger charge is -2.17. The summed E-state index contributed by atoms with van der Waals surface area (Å²) in [6.45, 7) is 9.49. The Morgan fingerprint density at radius 1 is 1.12 bits per heavy atom. The molecule has 0 aliphatic carbocycles. The standard InChI is InChI=1S/C16H20N4O3.C2H6/c1-8(2)10-5-12(22-4)11(9(3)21)6-13(10)23-14-7-19-16(18)20-15(14)17;1-2/h5-8H,1-4H3,(H4,17,18,19,20);1-2H3. The first-order valence-electron chi connectivity index (χ1n) is 8.12. The number of rotatable bonds is 5. The molecule has 0 bridgehead atoms. The molecule has 7 nitrogen and oxygen atoms in total. The Balaban J connectivity index is 0.00000151. The van der Waals surface area contributed by atoms with E-state index in [-0.39, 0.29) is 29.2 Å². The van der Waals surface area contributed by atoms with Crippen molar-refractivity contribution in [2.24, 2.45) is 0 Å². The molecule has 0 fully saturated rings. The molecular formula is C18H26N4O3.